The molecule has 4 rings (SSSR count). The number of carbonyl (C=O) groups excluding carboxylic acids is 2. The average Bonchev–Trinajstić information content (AvgIpc) is 3.15. The molecule has 2 aromatic rings. The molecule has 3 heterocycles. The highest BCUT2D eigenvalue weighted by molar-refractivity contribution is 5.99. The number of Topliss-reactive ketones (excluding diaryl/α,β-unsaturated/α-hetero) is 1. The van der Waals surface area contributed by atoms with Crippen LogP contribution in [0.2, 0.25) is 0 Å². The number of ether oxygens (including phenoxy) is 1. The number of hydrogen-bond acceptors (Lipinski definition) is 4. The maximum absolute atomic E-state index is 13.2. The van der Waals surface area contributed by atoms with Crippen molar-refractivity contribution >= 4 is 11.7 Å². The zero-order valence-corrected chi connectivity index (χ0v) is 19.2. The van der Waals surface area contributed by atoms with E-state index in [4.69, 9.17) is 4.74 Å². The van der Waals surface area contributed by atoms with Gasteiger partial charge in [-0.15, -0.1) is 0 Å². The van der Waals surface area contributed by atoms with Crippen LogP contribution in [0.1, 0.15) is 60.2 Å². The molecule has 33 heavy (non-hydrogen) atoms. The van der Waals surface area contributed by atoms with Crippen LogP contribution in [0.4, 0.5) is 13.2 Å². The van der Waals surface area contributed by atoms with Crippen LogP contribution in [-0.2, 0) is 12.1 Å². The molecule has 9 heteroatoms. The molecule has 0 saturated carbocycles. The van der Waals surface area contributed by atoms with Gasteiger partial charge >= 0.3 is 6.18 Å². The van der Waals surface area contributed by atoms with Gasteiger partial charge in [-0.25, -0.2) is 0 Å². The van der Waals surface area contributed by atoms with Gasteiger partial charge in [0, 0.05) is 37.9 Å². The van der Waals surface area contributed by atoms with E-state index in [-0.39, 0.29) is 19.6 Å². The summed E-state index contributed by atoms with van der Waals surface area (Å²) in [5.74, 6) is -1.21. The fourth-order valence-electron chi connectivity index (χ4n) is 5.21. The number of nitrogens with zero attached hydrogens (tertiary/aromatic N) is 2. The molecule has 0 atom stereocenters. The third-order valence-corrected chi connectivity index (χ3v) is 6.64. The molecule has 1 saturated heterocycles. The van der Waals surface area contributed by atoms with Gasteiger partial charge in [0.25, 0.3) is 11.7 Å². The Labute approximate surface area is 192 Å². The molecule has 1 aromatic carbocycles. The minimum absolute atomic E-state index is 0. The van der Waals surface area contributed by atoms with E-state index in [1.165, 1.54) is 10.6 Å². The first-order valence-electron chi connectivity index (χ1n) is 10.9. The molecule has 0 bridgehead atoms. The number of aromatic nitrogens is 1. The number of methoxy groups -OCH3 is 1. The van der Waals surface area contributed by atoms with Crippen LogP contribution >= 0.6 is 0 Å². The lowest BCUT2D eigenvalue weighted by Crippen LogP contribution is -2.63. The lowest BCUT2D eigenvalue weighted by molar-refractivity contribution is -0.0892. The Morgan fingerprint density at radius 1 is 1.12 bits per heavy atom. The lowest BCUT2D eigenvalue weighted by Gasteiger charge is -2.51. The Kier molecular flexibility index (Phi) is 5.59. The van der Waals surface area contributed by atoms with Crippen LogP contribution in [-0.4, -0.2) is 53.1 Å². The number of alkyl halides is 3. The summed E-state index contributed by atoms with van der Waals surface area (Å²) < 4.78 is 46.2. The predicted octanol–water partition coefficient (Wildman–Crippen LogP) is 4.31. The van der Waals surface area contributed by atoms with E-state index in [1.807, 2.05) is 20.8 Å². The van der Waals surface area contributed by atoms with Gasteiger partial charge in [-0.1, -0.05) is 0 Å². The van der Waals surface area contributed by atoms with E-state index in [9.17, 15) is 22.8 Å². The van der Waals surface area contributed by atoms with Crippen LogP contribution in [0, 0.1) is 6.92 Å². The largest absolute Gasteiger partial charge is 0.496 e. The number of aryl methyl sites for hydroxylation is 1. The molecular weight excluding hydrogens is 435 g/mol. The number of halogens is 3. The van der Waals surface area contributed by atoms with Crippen molar-refractivity contribution in [3.63, 3.8) is 0 Å². The second kappa shape index (κ2) is 7.90. The quantitative estimate of drug-likeness (QED) is 0.687. The van der Waals surface area contributed by atoms with Gasteiger partial charge in [-0.2, -0.15) is 13.2 Å². The fraction of sp³-hybridized carbons (Fsp3) is 0.500. The zero-order valence-electron chi connectivity index (χ0n) is 19.2. The Morgan fingerprint density at radius 3 is 2.36 bits per heavy atom. The van der Waals surface area contributed by atoms with Gasteiger partial charge in [0.2, 0.25) is 0 Å². The number of carbonyl (C=O) groups is 2. The molecule has 0 radical (unpaired) electrons. The Balaban J connectivity index is 0.00000324. The third kappa shape index (κ3) is 4.14. The number of hydrogen-bond donors (Lipinski definition) is 1. The number of likely N-dealkylation sites (tertiary alicyclic amines) is 1. The highest BCUT2D eigenvalue weighted by Crippen LogP contribution is 2.41. The van der Waals surface area contributed by atoms with Crippen molar-refractivity contribution in [2.24, 2.45) is 0 Å². The second-order valence-corrected chi connectivity index (χ2v) is 9.58. The normalized spacial score (nSPS) is 19.3. The Hall–Kier alpha value is -2.81. The van der Waals surface area contributed by atoms with Crippen molar-refractivity contribution in [3.8, 4) is 5.75 Å². The second-order valence-electron chi connectivity index (χ2n) is 9.58. The molecule has 1 N–H and O–H groups in total. The van der Waals surface area contributed by atoms with Gasteiger partial charge < -0.3 is 14.2 Å². The van der Waals surface area contributed by atoms with E-state index in [0.717, 1.165) is 5.56 Å². The number of amides is 1. The molecule has 1 spiro atoms. The first-order chi connectivity index (χ1) is 15.4. The summed E-state index contributed by atoms with van der Waals surface area (Å²) >= 11 is 0. The predicted molar refractivity (Wildman–Crippen MR) is 119 cm³/mol. The van der Waals surface area contributed by atoms with Crippen LogP contribution < -0.4 is 10.1 Å². The molecule has 6 nitrogen and oxygen atoms in total. The SMILES string of the molecule is COc1ccc(C(=O)N2CCC3(CC2)NC(C)(C)Cn2c(C(=O)C(F)(F)F)ccc23)cc1C.[HH]. The summed E-state index contributed by atoms with van der Waals surface area (Å²) in [6, 6.07) is 8.19. The van der Waals surface area contributed by atoms with E-state index in [2.05, 4.69) is 5.32 Å². The summed E-state index contributed by atoms with van der Waals surface area (Å²) in [5.41, 5.74) is 0.639. The van der Waals surface area contributed by atoms with Gasteiger partial charge in [0.15, 0.2) is 0 Å². The molecule has 1 fully saturated rings. The van der Waals surface area contributed by atoms with Gasteiger partial charge in [0.05, 0.1) is 18.3 Å². The number of benzene rings is 1. The molecule has 0 unspecified atom stereocenters. The van der Waals surface area contributed by atoms with Crippen molar-refractivity contribution in [2.75, 3.05) is 20.2 Å². The van der Waals surface area contributed by atoms with Gasteiger partial charge in [0.1, 0.15) is 5.75 Å². The smallest absolute Gasteiger partial charge is 0.456 e. The molecule has 180 valence electrons. The van der Waals surface area contributed by atoms with E-state index >= 15 is 0 Å². The number of piperidine rings is 1. The highest BCUT2D eigenvalue weighted by atomic mass is 19.4. The van der Waals surface area contributed by atoms with Crippen LogP contribution in [0.25, 0.3) is 0 Å². The molecule has 2 aliphatic rings. The molecular formula is C24H30F3N3O3. The maximum Gasteiger partial charge on any atom is 0.456 e. The van der Waals surface area contributed by atoms with Gasteiger partial charge in [-0.3, -0.25) is 14.9 Å². The van der Waals surface area contributed by atoms with Crippen molar-refractivity contribution in [2.45, 2.75) is 57.4 Å². The van der Waals surface area contributed by atoms with Crippen LogP contribution in [0.15, 0.2) is 30.3 Å². The number of rotatable bonds is 3. The maximum atomic E-state index is 13.2. The molecule has 2 aliphatic heterocycles. The Bertz CT molecular complexity index is 1100. The molecule has 1 amide bonds. The first kappa shape index (κ1) is 23.4. The van der Waals surface area contributed by atoms with Crippen molar-refractivity contribution in [3.05, 3.63) is 52.8 Å². The fourth-order valence-corrected chi connectivity index (χ4v) is 5.21. The first-order valence-corrected chi connectivity index (χ1v) is 10.9. The Morgan fingerprint density at radius 2 is 1.79 bits per heavy atom. The van der Waals surface area contributed by atoms with Crippen LogP contribution in [0.5, 0.6) is 5.75 Å². The zero-order chi connectivity index (χ0) is 24.2. The van der Waals surface area contributed by atoms with Crippen molar-refractivity contribution < 1.29 is 28.9 Å². The van der Waals surface area contributed by atoms with E-state index in [1.54, 1.807) is 36.3 Å². The van der Waals surface area contributed by atoms with Gasteiger partial charge in [-0.05, 0) is 69.5 Å². The van der Waals surface area contributed by atoms with Crippen molar-refractivity contribution in [1.82, 2.24) is 14.8 Å². The summed E-state index contributed by atoms with van der Waals surface area (Å²) in [5, 5.41) is 3.61. The van der Waals surface area contributed by atoms with E-state index in [0.29, 0.717) is 42.9 Å². The van der Waals surface area contributed by atoms with E-state index < -0.39 is 23.0 Å². The highest BCUT2D eigenvalue weighted by Gasteiger charge is 2.49. The monoisotopic (exact) mass is 465 g/mol. The number of fused-ring (bicyclic) bond motifs is 2. The third-order valence-electron chi connectivity index (χ3n) is 6.64. The average molecular weight is 466 g/mol. The summed E-state index contributed by atoms with van der Waals surface area (Å²) in [6.07, 6.45) is -3.87. The van der Waals surface area contributed by atoms with Crippen molar-refractivity contribution in [1.29, 1.82) is 0 Å². The minimum atomic E-state index is -4.93. The topological polar surface area (TPSA) is 63.6 Å². The minimum Gasteiger partial charge on any atom is -0.496 e. The number of nitrogens with one attached hydrogen (secondary N) is 1. The summed E-state index contributed by atoms with van der Waals surface area (Å²) in [4.78, 5) is 26.9. The van der Waals surface area contributed by atoms with Crippen LogP contribution in [0.3, 0.4) is 0 Å². The number of ketones is 1. The molecule has 1 aromatic heterocycles. The molecule has 0 aliphatic carbocycles. The summed E-state index contributed by atoms with van der Waals surface area (Å²) in [7, 11) is 1.58. The summed E-state index contributed by atoms with van der Waals surface area (Å²) in [6.45, 7) is 6.85. The lowest BCUT2D eigenvalue weighted by atomic mass is 9.79. The standard InChI is InChI=1S/C24H28F3N3O3.H2/c1-15-13-16(5-7-18(15)33-4)21(32)29-11-9-23(10-12-29)19-8-6-17(20(31)24(25,26)27)30(19)14-22(2,3)28-23;/h5-8,13,28H,9-12,14H2,1-4H3;1H.